The van der Waals surface area contributed by atoms with Gasteiger partial charge in [-0.2, -0.15) is 0 Å². The highest BCUT2D eigenvalue weighted by Crippen LogP contribution is 2.36. The number of carbonyl (C=O) groups excluding carboxylic acids is 2. The van der Waals surface area contributed by atoms with Gasteiger partial charge < -0.3 is 4.74 Å². The highest BCUT2D eigenvalue weighted by molar-refractivity contribution is 5.95. The molecule has 0 N–H and O–H groups in total. The average Bonchev–Trinajstić information content (AvgIpc) is 2.60. The third-order valence-corrected chi connectivity index (χ3v) is 3.59. The molecule has 0 radical (unpaired) electrons. The van der Waals surface area contributed by atoms with Crippen LogP contribution in [0.25, 0.3) is 0 Å². The number of esters is 1. The van der Waals surface area contributed by atoms with Crippen LogP contribution in [-0.2, 0) is 14.3 Å². The summed E-state index contributed by atoms with van der Waals surface area (Å²) in [6, 6.07) is 0. The number of hydrogen-bond donors (Lipinski definition) is 0. The molecule has 0 aromatic rings. The monoisotopic (exact) mass is 222 g/mol. The van der Waals surface area contributed by atoms with Crippen LogP contribution in [0.15, 0.2) is 12.2 Å². The summed E-state index contributed by atoms with van der Waals surface area (Å²) in [6.07, 6.45) is 8.85. The lowest BCUT2D eigenvalue weighted by molar-refractivity contribution is -0.148. The molecule has 3 nitrogen and oxygen atoms in total. The number of ether oxygens (including phenoxy) is 1. The highest BCUT2D eigenvalue weighted by Gasteiger charge is 2.38. The lowest BCUT2D eigenvalue weighted by Crippen LogP contribution is -2.33. The van der Waals surface area contributed by atoms with Gasteiger partial charge in [0.05, 0.1) is 5.92 Å². The molecule has 1 fully saturated rings. The lowest BCUT2D eigenvalue weighted by atomic mass is 9.77. The van der Waals surface area contributed by atoms with Crippen LogP contribution in [0.4, 0.5) is 0 Å². The number of hydrogen-bond acceptors (Lipinski definition) is 3. The molecule has 2 rings (SSSR count). The van der Waals surface area contributed by atoms with E-state index in [4.69, 9.17) is 4.74 Å². The van der Waals surface area contributed by atoms with Gasteiger partial charge in [-0.25, -0.2) is 0 Å². The first-order chi connectivity index (χ1) is 7.68. The number of ketones is 1. The Morgan fingerprint density at radius 1 is 1.31 bits per heavy atom. The predicted octanol–water partition coefficient (Wildman–Crippen LogP) is 2.25. The molecule has 0 heterocycles. The quantitative estimate of drug-likeness (QED) is 0.673. The molecule has 0 aromatic heterocycles. The van der Waals surface area contributed by atoms with Gasteiger partial charge in [0.1, 0.15) is 6.10 Å². The van der Waals surface area contributed by atoms with E-state index in [1.807, 2.05) is 0 Å². The highest BCUT2D eigenvalue weighted by atomic mass is 16.5. The molecule has 2 aliphatic rings. The van der Waals surface area contributed by atoms with E-state index in [-0.39, 0.29) is 23.8 Å². The van der Waals surface area contributed by atoms with Crippen LogP contribution in [0.1, 0.15) is 39.0 Å². The zero-order valence-electron chi connectivity index (χ0n) is 9.65. The maximum Gasteiger partial charge on any atom is 0.303 e. The summed E-state index contributed by atoms with van der Waals surface area (Å²) in [5.41, 5.74) is 0. The van der Waals surface area contributed by atoms with E-state index in [0.29, 0.717) is 5.92 Å². The molecular formula is C13H18O3. The summed E-state index contributed by atoms with van der Waals surface area (Å²) in [7, 11) is 0. The second-order valence-electron chi connectivity index (χ2n) is 4.76. The van der Waals surface area contributed by atoms with Gasteiger partial charge in [-0.15, -0.1) is 0 Å². The van der Waals surface area contributed by atoms with Crippen LogP contribution in [-0.4, -0.2) is 17.9 Å². The number of allylic oxidation sites excluding steroid dienone is 1. The predicted molar refractivity (Wildman–Crippen MR) is 59.8 cm³/mol. The van der Waals surface area contributed by atoms with E-state index in [9.17, 15) is 9.59 Å². The smallest absolute Gasteiger partial charge is 0.303 e. The van der Waals surface area contributed by atoms with E-state index in [1.165, 1.54) is 26.2 Å². The van der Waals surface area contributed by atoms with Crippen molar-refractivity contribution in [2.45, 2.75) is 45.1 Å². The molecule has 1 saturated carbocycles. The normalized spacial score (nSPS) is 30.7. The zero-order chi connectivity index (χ0) is 11.5. The average molecular weight is 222 g/mol. The van der Waals surface area contributed by atoms with Gasteiger partial charge in [0.15, 0.2) is 5.78 Å². The van der Waals surface area contributed by atoms with Gasteiger partial charge in [-0.3, -0.25) is 9.59 Å². The van der Waals surface area contributed by atoms with Gasteiger partial charge in [0, 0.05) is 6.92 Å². The first-order valence-corrected chi connectivity index (χ1v) is 6.08. The van der Waals surface area contributed by atoms with Gasteiger partial charge in [0.25, 0.3) is 0 Å². The first kappa shape index (κ1) is 11.4. The molecular weight excluding hydrogens is 204 g/mol. The van der Waals surface area contributed by atoms with E-state index in [2.05, 4.69) is 0 Å². The van der Waals surface area contributed by atoms with Crippen LogP contribution >= 0.6 is 0 Å². The number of carbonyl (C=O) groups is 2. The standard InChI is InChI=1S/C13H18O3/c1-9(14)16-12-8-7-11(15)13(12)10-5-3-2-4-6-10/h7-8,10,12-13H,2-6H2,1H3. The third kappa shape index (κ3) is 2.34. The summed E-state index contributed by atoms with van der Waals surface area (Å²) < 4.78 is 5.20. The van der Waals surface area contributed by atoms with Crippen LogP contribution in [0.2, 0.25) is 0 Å². The summed E-state index contributed by atoms with van der Waals surface area (Å²) >= 11 is 0. The molecule has 2 atom stereocenters. The van der Waals surface area contributed by atoms with E-state index >= 15 is 0 Å². The molecule has 0 saturated heterocycles. The van der Waals surface area contributed by atoms with Gasteiger partial charge in [0.2, 0.25) is 0 Å². The van der Waals surface area contributed by atoms with Crippen LogP contribution in [0.3, 0.4) is 0 Å². The largest absolute Gasteiger partial charge is 0.458 e. The Bertz CT molecular complexity index is 313. The van der Waals surface area contributed by atoms with Crippen molar-refractivity contribution in [1.29, 1.82) is 0 Å². The van der Waals surface area contributed by atoms with E-state index in [1.54, 1.807) is 12.2 Å². The Hall–Kier alpha value is -1.12. The lowest BCUT2D eigenvalue weighted by Gasteiger charge is -2.29. The fourth-order valence-corrected chi connectivity index (χ4v) is 2.88. The van der Waals surface area contributed by atoms with Crippen molar-refractivity contribution in [3.63, 3.8) is 0 Å². The van der Waals surface area contributed by atoms with E-state index in [0.717, 1.165) is 12.8 Å². The van der Waals surface area contributed by atoms with Crippen molar-refractivity contribution >= 4 is 11.8 Å². The minimum atomic E-state index is -0.312. The SMILES string of the molecule is CC(=O)OC1C=CC(=O)C1C1CCCCC1. The summed E-state index contributed by atoms with van der Waals surface area (Å²) in [4.78, 5) is 22.8. The van der Waals surface area contributed by atoms with Gasteiger partial charge >= 0.3 is 5.97 Å². The van der Waals surface area contributed by atoms with Gasteiger partial charge in [-0.05, 0) is 30.9 Å². The Kier molecular flexibility index (Phi) is 3.42. The fourth-order valence-electron chi connectivity index (χ4n) is 2.88. The topological polar surface area (TPSA) is 43.4 Å². The zero-order valence-corrected chi connectivity index (χ0v) is 9.65. The molecule has 2 aliphatic carbocycles. The molecule has 0 bridgehead atoms. The molecule has 0 spiro atoms. The number of rotatable bonds is 2. The maximum absolute atomic E-state index is 11.8. The Morgan fingerprint density at radius 3 is 2.62 bits per heavy atom. The summed E-state index contributed by atoms with van der Waals surface area (Å²) in [6.45, 7) is 1.40. The van der Waals surface area contributed by atoms with Crippen molar-refractivity contribution in [2.75, 3.05) is 0 Å². The Morgan fingerprint density at radius 2 is 2.00 bits per heavy atom. The van der Waals surface area contributed by atoms with Crippen molar-refractivity contribution in [3.8, 4) is 0 Å². The molecule has 2 unspecified atom stereocenters. The summed E-state index contributed by atoms with van der Waals surface area (Å²) in [5, 5.41) is 0. The second-order valence-corrected chi connectivity index (χ2v) is 4.76. The molecule has 88 valence electrons. The Labute approximate surface area is 95.9 Å². The van der Waals surface area contributed by atoms with Crippen molar-refractivity contribution in [1.82, 2.24) is 0 Å². The van der Waals surface area contributed by atoms with Crippen molar-refractivity contribution in [3.05, 3.63) is 12.2 Å². The van der Waals surface area contributed by atoms with Crippen molar-refractivity contribution < 1.29 is 14.3 Å². The molecule has 0 amide bonds. The minimum Gasteiger partial charge on any atom is -0.458 e. The molecule has 3 heteroatoms. The second kappa shape index (κ2) is 4.81. The van der Waals surface area contributed by atoms with Crippen LogP contribution < -0.4 is 0 Å². The first-order valence-electron chi connectivity index (χ1n) is 6.08. The maximum atomic E-state index is 11.8. The van der Waals surface area contributed by atoms with Crippen molar-refractivity contribution in [2.24, 2.45) is 11.8 Å². The van der Waals surface area contributed by atoms with E-state index < -0.39 is 0 Å². The van der Waals surface area contributed by atoms with Gasteiger partial charge in [-0.1, -0.05) is 19.3 Å². The van der Waals surface area contributed by atoms with Crippen LogP contribution in [0, 0.1) is 11.8 Å². The summed E-state index contributed by atoms with van der Waals surface area (Å²) in [5.74, 6) is 0.133. The van der Waals surface area contributed by atoms with Crippen LogP contribution in [0.5, 0.6) is 0 Å². The molecule has 0 aliphatic heterocycles. The molecule has 0 aromatic carbocycles. The third-order valence-electron chi connectivity index (χ3n) is 3.59. The molecule has 16 heavy (non-hydrogen) atoms. The Balaban J connectivity index is 2.04. The fraction of sp³-hybridized carbons (Fsp3) is 0.692. The minimum absolute atomic E-state index is 0.107.